The second kappa shape index (κ2) is 9.36. The minimum atomic E-state index is -0.417. The highest BCUT2D eigenvalue weighted by Crippen LogP contribution is 2.25. The van der Waals surface area contributed by atoms with E-state index in [1.54, 1.807) is 11.0 Å². The smallest absolute Gasteiger partial charge is 0.277 e. The van der Waals surface area contributed by atoms with Crippen LogP contribution in [0.25, 0.3) is 0 Å². The first-order chi connectivity index (χ1) is 14.7. The van der Waals surface area contributed by atoms with E-state index in [0.29, 0.717) is 17.7 Å². The van der Waals surface area contributed by atoms with Crippen LogP contribution in [0, 0.1) is 0 Å². The number of thioether (sulfide) groups is 1. The molecule has 152 valence electrons. The van der Waals surface area contributed by atoms with Crippen molar-refractivity contribution in [3.63, 3.8) is 0 Å². The number of carbonyl (C=O) groups excluding carboxylic acids is 1. The third-order valence-corrected chi connectivity index (χ3v) is 5.35. The number of nitrogens with one attached hydrogen (secondary N) is 1. The van der Waals surface area contributed by atoms with Crippen molar-refractivity contribution < 1.29 is 9.21 Å². The Morgan fingerprint density at radius 2 is 1.73 bits per heavy atom. The highest BCUT2D eigenvalue weighted by atomic mass is 32.2. The summed E-state index contributed by atoms with van der Waals surface area (Å²) in [6.45, 7) is 2.15. The lowest BCUT2D eigenvalue weighted by molar-refractivity contribution is -0.120. The first-order valence-corrected chi connectivity index (χ1v) is 10.3. The van der Waals surface area contributed by atoms with Gasteiger partial charge in [0.25, 0.3) is 5.22 Å². The molecule has 0 aliphatic heterocycles. The van der Waals surface area contributed by atoms with Gasteiger partial charge in [0, 0.05) is 0 Å². The molecule has 1 N–H and O–H groups in total. The van der Waals surface area contributed by atoms with Crippen molar-refractivity contribution in [3.05, 3.63) is 90.3 Å². The second-order valence-corrected chi connectivity index (χ2v) is 7.87. The highest BCUT2D eigenvalue weighted by Gasteiger charge is 2.23. The maximum absolute atomic E-state index is 12.9. The van der Waals surface area contributed by atoms with Gasteiger partial charge >= 0.3 is 0 Å². The SMILES string of the molecule is CC(Sc1nnc(Cn2cncn2)o1)C(=O)NC(c1ccccc1)c1ccccc1. The first-order valence-electron chi connectivity index (χ1n) is 9.41. The molecule has 9 heteroatoms. The molecular weight excluding hydrogens is 400 g/mol. The van der Waals surface area contributed by atoms with Crippen LogP contribution >= 0.6 is 11.8 Å². The average Bonchev–Trinajstić information content (AvgIpc) is 3.45. The Hall–Kier alpha value is -3.46. The monoisotopic (exact) mass is 420 g/mol. The van der Waals surface area contributed by atoms with Gasteiger partial charge in [-0.1, -0.05) is 72.4 Å². The Bertz CT molecular complexity index is 1030. The molecule has 0 aliphatic carbocycles. The molecule has 0 saturated heterocycles. The number of carbonyl (C=O) groups is 1. The van der Waals surface area contributed by atoms with E-state index in [9.17, 15) is 4.79 Å². The van der Waals surface area contributed by atoms with Gasteiger partial charge in [0.15, 0.2) is 0 Å². The standard InChI is InChI=1S/C21H20N6O2S/c1-15(30-21-26-25-18(29-21)12-27-14-22-13-23-27)20(28)24-19(16-8-4-2-5-9-16)17-10-6-3-7-11-17/h2-11,13-15,19H,12H2,1H3,(H,24,28). The molecule has 4 rings (SSSR count). The molecule has 0 aliphatic rings. The lowest BCUT2D eigenvalue weighted by Crippen LogP contribution is -2.34. The Balaban J connectivity index is 1.43. The van der Waals surface area contributed by atoms with Crippen LogP contribution in [0.1, 0.15) is 30.0 Å². The van der Waals surface area contributed by atoms with Crippen molar-refractivity contribution in [1.82, 2.24) is 30.3 Å². The summed E-state index contributed by atoms with van der Waals surface area (Å²) in [7, 11) is 0. The van der Waals surface area contributed by atoms with E-state index in [4.69, 9.17) is 4.42 Å². The van der Waals surface area contributed by atoms with Crippen LogP contribution < -0.4 is 5.32 Å². The molecule has 2 aromatic carbocycles. The number of amides is 1. The van der Waals surface area contributed by atoms with Gasteiger partial charge in [-0.15, -0.1) is 10.2 Å². The quantitative estimate of drug-likeness (QED) is 0.437. The van der Waals surface area contributed by atoms with Crippen molar-refractivity contribution in [2.45, 2.75) is 30.0 Å². The van der Waals surface area contributed by atoms with Crippen molar-refractivity contribution in [2.24, 2.45) is 0 Å². The molecule has 8 nitrogen and oxygen atoms in total. The fraction of sp³-hybridized carbons (Fsp3) is 0.190. The third kappa shape index (κ3) is 4.93. The zero-order valence-corrected chi connectivity index (χ0v) is 17.1. The molecule has 0 spiro atoms. The average molecular weight is 420 g/mol. The van der Waals surface area contributed by atoms with E-state index in [2.05, 4.69) is 25.6 Å². The minimum absolute atomic E-state index is 0.117. The summed E-state index contributed by atoms with van der Waals surface area (Å²) in [5.74, 6) is 0.288. The van der Waals surface area contributed by atoms with E-state index in [1.165, 1.54) is 18.1 Å². The molecule has 2 heterocycles. The normalized spacial score (nSPS) is 12.1. The summed E-state index contributed by atoms with van der Waals surface area (Å²) in [4.78, 5) is 16.8. The van der Waals surface area contributed by atoms with E-state index in [-0.39, 0.29) is 11.9 Å². The van der Waals surface area contributed by atoms with Gasteiger partial charge in [-0.3, -0.25) is 4.79 Å². The minimum Gasteiger partial charge on any atom is -0.414 e. The van der Waals surface area contributed by atoms with Gasteiger partial charge in [0.1, 0.15) is 19.2 Å². The molecule has 0 radical (unpaired) electrons. The fourth-order valence-corrected chi connectivity index (χ4v) is 3.63. The van der Waals surface area contributed by atoms with Crippen LogP contribution in [0.15, 0.2) is 83.0 Å². The van der Waals surface area contributed by atoms with Gasteiger partial charge < -0.3 is 9.73 Å². The van der Waals surface area contributed by atoms with E-state index in [1.807, 2.05) is 67.6 Å². The maximum Gasteiger partial charge on any atom is 0.277 e. The molecule has 4 aromatic rings. The number of rotatable bonds is 8. The molecule has 30 heavy (non-hydrogen) atoms. The molecule has 0 fully saturated rings. The molecule has 1 amide bonds. The van der Waals surface area contributed by atoms with Crippen molar-refractivity contribution in [3.8, 4) is 0 Å². The van der Waals surface area contributed by atoms with Gasteiger partial charge in [0.2, 0.25) is 11.8 Å². The lowest BCUT2D eigenvalue weighted by atomic mass is 9.98. The summed E-state index contributed by atoms with van der Waals surface area (Å²) in [5, 5.41) is 15.1. The summed E-state index contributed by atoms with van der Waals surface area (Å²) in [6.07, 6.45) is 3.01. The molecule has 0 saturated carbocycles. The second-order valence-electron chi connectivity index (χ2n) is 6.58. The predicted molar refractivity (Wildman–Crippen MR) is 112 cm³/mol. The van der Waals surface area contributed by atoms with Crippen molar-refractivity contribution in [1.29, 1.82) is 0 Å². The molecule has 2 aromatic heterocycles. The van der Waals surface area contributed by atoms with E-state index < -0.39 is 5.25 Å². The fourth-order valence-electron chi connectivity index (χ4n) is 2.92. The molecule has 0 bridgehead atoms. The molecule has 1 atom stereocenters. The molecular formula is C21H20N6O2S. The zero-order chi connectivity index (χ0) is 20.8. The number of hydrogen-bond acceptors (Lipinski definition) is 7. The van der Waals surface area contributed by atoms with E-state index in [0.717, 1.165) is 11.1 Å². The topological polar surface area (TPSA) is 98.7 Å². The molecule has 1 unspecified atom stereocenters. The van der Waals surface area contributed by atoms with Crippen LogP contribution in [0.4, 0.5) is 0 Å². The van der Waals surface area contributed by atoms with Crippen molar-refractivity contribution >= 4 is 17.7 Å². The van der Waals surface area contributed by atoms with Crippen LogP contribution in [0.2, 0.25) is 0 Å². The highest BCUT2D eigenvalue weighted by molar-refractivity contribution is 8.00. The Kier molecular flexibility index (Phi) is 6.19. The van der Waals surface area contributed by atoms with Gasteiger partial charge in [-0.2, -0.15) is 5.10 Å². The summed E-state index contributed by atoms with van der Waals surface area (Å²) in [6, 6.07) is 19.5. The predicted octanol–water partition coefficient (Wildman–Crippen LogP) is 3.10. The van der Waals surface area contributed by atoms with Crippen molar-refractivity contribution in [2.75, 3.05) is 0 Å². The summed E-state index contributed by atoms with van der Waals surface area (Å²) >= 11 is 1.22. The van der Waals surface area contributed by atoms with Gasteiger partial charge in [-0.25, -0.2) is 9.67 Å². The summed E-state index contributed by atoms with van der Waals surface area (Å²) < 4.78 is 7.21. The third-order valence-electron chi connectivity index (χ3n) is 4.41. The van der Waals surface area contributed by atoms with Crippen LogP contribution in [-0.2, 0) is 11.3 Å². The van der Waals surface area contributed by atoms with Crippen LogP contribution in [0.3, 0.4) is 0 Å². The number of aromatic nitrogens is 5. The largest absolute Gasteiger partial charge is 0.414 e. The zero-order valence-electron chi connectivity index (χ0n) is 16.3. The number of hydrogen-bond donors (Lipinski definition) is 1. The number of benzene rings is 2. The Labute approximate surface area is 177 Å². The van der Waals surface area contributed by atoms with Crippen LogP contribution in [-0.4, -0.2) is 36.1 Å². The number of nitrogens with zero attached hydrogens (tertiary/aromatic N) is 5. The first kappa shape index (κ1) is 19.8. The van der Waals surface area contributed by atoms with E-state index >= 15 is 0 Å². The lowest BCUT2D eigenvalue weighted by Gasteiger charge is -2.21. The van der Waals surface area contributed by atoms with Gasteiger partial charge in [-0.05, 0) is 18.1 Å². The summed E-state index contributed by atoms with van der Waals surface area (Å²) in [5.41, 5.74) is 2.03. The Morgan fingerprint density at radius 1 is 1.07 bits per heavy atom. The Morgan fingerprint density at radius 3 is 2.33 bits per heavy atom. The van der Waals surface area contributed by atoms with Gasteiger partial charge in [0.05, 0.1) is 11.3 Å². The maximum atomic E-state index is 12.9. The van der Waals surface area contributed by atoms with Crippen LogP contribution in [0.5, 0.6) is 0 Å².